The topological polar surface area (TPSA) is 42.5 Å². The number of hydrogen-bond donors (Lipinski definition) is 0. The van der Waals surface area contributed by atoms with Crippen molar-refractivity contribution < 1.29 is 8.78 Å². The molecular formula is C16H16F2N4O. The maximum atomic E-state index is 13.4. The average molecular weight is 318 g/mol. The first kappa shape index (κ1) is 15.2. The zero-order valence-electron chi connectivity index (χ0n) is 12.6. The number of halogens is 2. The highest BCUT2D eigenvalue weighted by Crippen LogP contribution is 2.17. The monoisotopic (exact) mass is 318 g/mol. The lowest BCUT2D eigenvalue weighted by atomic mass is 10.2. The fourth-order valence-electron chi connectivity index (χ4n) is 2.48. The fourth-order valence-corrected chi connectivity index (χ4v) is 2.48. The molecule has 23 heavy (non-hydrogen) atoms. The number of likely N-dealkylation sites (N-methyl/N-ethyl adjacent to an activating group) is 1. The van der Waals surface area contributed by atoms with Crippen LogP contribution < -0.4 is 10.6 Å². The first-order valence-electron chi connectivity index (χ1n) is 7.34. The number of fused-ring (bicyclic) bond motifs is 1. The second-order valence-corrected chi connectivity index (χ2v) is 5.11. The number of pyridine rings is 1. The van der Waals surface area contributed by atoms with E-state index >= 15 is 0 Å². The fraction of sp³-hybridized carbons (Fsp3) is 0.250. The maximum absolute atomic E-state index is 13.4. The summed E-state index contributed by atoms with van der Waals surface area (Å²) in [5.41, 5.74) is 0.929. The Morgan fingerprint density at radius 2 is 2.00 bits per heavy atom. The summed E-state index contributed by atoms with van der Waals surface area (Å²) < 4.78 is 29.2. The second-order valence-electron chi connectivity index (χ2n) is 5.11. The molecule has 0 saturated carbocycles. The van der Waals surface area contributed by atoms with Gasteiger partial charge in [-0.1, -0.05) is 6.07 Å². The third kappa shape index (κ3) is 2.94. The molecule has 0 bridgehead atoms. The van der Waals surface area contributed by atoms with E-state index in [0.717, 1.165) is 12.1 Å². The number of anilines is 1. The summed E-state index contributed by atoms with van der Waals surface area (Å²) in [7, 11) is 0. The lowest BCUT2D eigenvalue weighted by Gasteiger charge is -2.22. The lowest BCUT2D eigenvalue weighted by molar-refractivity contribution is 0.507. The summed E-state index contributed by atoms with van der Waals surface area (Å²) in [6.07, 6.45) is 1.66. The quantitative estimate of drug-likeness (QED) is 0.725. The van der Waals surface area contributed by atoms with Crippen LogP contribution in [-0.4, -0.2) is 27.3 Å². The van der Waals surface area contributed by atoms with Gasteiger partial charge >= 0.3 is 5.69 Å². The van der Waals surface area contributed by atoms with Crippen LogP contribution in [0, 0.1) is 11.6 Å². The minimum absolute atomic E-state index is 0.220. The van der Waals surface area contributed by atoms with Crippen LogP contribution in [-0.2, 0) is 6.54 Å². The molecule has 120 valence electrons. The predicted octanol–water partition coefficient (Wildman–Crippen LogP) is 2.30. The Bertz CT molecular complexity index is 887. The summed E-state index contributed by atoms with van der Waals surface area (Å²) >= 11 is 0. The van der Waals surface area contributed by atoms with Crippen molar-refractivity contribution in [2.24, 2.45) is 0 Å². The number of aromatic nitrogens is 3. The zero-order chi connectivity index (χ0) is 16.4. The van der Waals surface area contributed by atoms with E-state index in [1.165, 1.54) is 15.1 Å². The molecular weight excluding hydrogens is 302 g/mol. The summed E-state index contributed by atoms with van der Waals surface area (Å²) in [5.74, 6) is -1.76. The third-order valence-corrected chi connectivity index (χ3v) is 3.72. The van der Waals surface area contributed by atoms with E-state index in [4.69, 9.17) is 0 Å². The highest BCUT2D eigenvalue weighted by atomic mass is 19.2. The van der Waals surface area contributed by atoms with Crippen molar-refractivity contribution in [3.63, 3.8) is 0 Å². The molecule has 0 N–H and O–H groups in total. The number of rotatable bonds is 5. The molecule has 0 unspecified atom stereocenters. The van der Waals surface area contributed by atoms with Crippen molar-refractivity contribution >= 4 is 11.3 Å². The Morgan fingerprint density at radius 1 is 1.17 bits per heavy atom. The van der Waals surface area contributed by atoms with Gasteiger partial charge in [0.2, 0.25) is 0 Å². The van der Waals surface area contributed by atoms with Crippen molar-refractivity contribution in [1.29, 1.82) is 0 Å². The first-order chi connectivity index (χ1) is 11.1. The normalized spacial score (nSPS) is 11.1. The second kappa shape index (κ2) is 6.20. The number of nitrogens with zero attached hydrogens (tertiary/aromatic N) is 4. The van der Waals surface area contributed by atoms with Gasteiger partial charge in [-0.25, -0.2) is 18.3 Å². The molecule has 7 heteroatoms. The van der Waals surface area contributed by atoms with Crippen molar-refractivity contribution in [2.45, 2.75) is 13.5 Å². The van der Waals surface area contributed by atoms with E-state index in [9.17, 15) is 13.6 Å². The molecule has 0 amide bonds. The number of benzene rings is 1. The Hall–Kier alpha value is -2.70. The average Bonchev–Trinajstić information content (AvgIpc) is 2.88. The van der Waals surface area contributed by atoms with Crippen LogP contribution >= 0.6 is 0 Å². The smallest absolute Gasteiger partial charge is 0.350 e. The standard InChI is InChI=1S/C16H16F2N4O/c1-2-20(12-6-7-13(17)14(18)11-12)9-10-22-16(23)21-8-4-3-5-15(21)19-22/h3-8,11H,2,9-10H2,1H3. The zero-order valence-corrected chi connectivity index (χ0v) is 12.6. The summed E-state index contributed by atoms with van der Waals surface area (Å²) in [5, 5.41) is 4.25. The van der Waals surface area contributed by atoms with E-state index in [2.05, 4.69) is 5.10 Å². The van der Waals surface area contributed by atoms with Crippen molar-refractivity contribution in [1.82, 2.24) is 14.2 Å². The van der Waals surface area contributed by atoms with E-state index in [1.54, 1.807) is 18.3 Å². The van der Waals surface area contributed by atoms with Gasteiger partial charge in [0, 0.05) is 31.0 Å². The van der Waals surface area contributed by atoms with Gasteiger partial charge < -0.3 is 4.90 Å². The molecule has 1 aromatic carbocycles. The minimum atomic E-state index is -0.883. The van der Waals surface area contributed by atoms with E-state index < -0.39 is 11.6 Å². The summed E-state index contributed by atoms with van der Waals surface area (Å²) in [6, 6.07) is 9.11. The van der Waals surface area contributed by atoms with Gasteiger partial charge in [-0.15, -0.1) is 5.10 Å². The van der Waals surface area contributed by atoms with Crippen molar-refractivity contribution in [3.05, 3.63) is 64.7 Å². The van der Waals surface area contributed by atoms with Crippen LogP contribution in [0.15, 0.2) is 47.4 Å². The molecule has 0 spiro atoms. The SMILES string of the molecule is CCN(CCn1nc2ccccn2c1=O)c1ccc(F)c(F)c1. The Labute approximate surface area is 131 Å². The van der Waals surface area contributed by atoms with Crippen LogP contribution in [0.25, 0.3) is 5.65 Å². The van der Waals surface area contributed by atoms with Gasteiger partial charge in [0.25, 0.3) is 0 Å². The van der Waals surface area contributed by atoms with Crippen molar-refractivity contribution in [3.8, 4) is 0 Å². The highest BCUT2D eigenvalue weighted by Gasteiger charge is 2.11. The summed E-state index contributed by atoms with van der Waals surface area (Å²) in [4.78, 5) is 14.1. The van der Waals surface area contributed by atoms with Crippen LogP contribution in [0.3, 0.4) is 0 Å². The van der Waals surface area contributed by atoms with Gasteiger partial charge in [-0.2, -0.15) is 0 Å². The molecule has 0 aliphatic rings. The minimum Gasteiger partial charge on any atom is -0.370 e. The maximum Gasteiger partial charge on any atom is 0.350 e. The lowest BCUT2D eigenvalue weighted by Crippen LogP contribution is -2.31. The first-order valence-corrected chi connectivity index (χ1v) is 7.34. The Kier molecular flexibility index (Phi) is 4.10. The molecule has 5 nitrogen and oxygen atoms in total. The van der Waals surface area contributed by atoms with Crippen molar-refractivity contribution in [2.75, 3.05) is 18.0 Å². The highest BCUT2D eigenvalue weighted by molar-refractivity contribution is 5.46. The molecule has 2 aromatic heterocycles. The molecule has 0 aliphatic carbocycles. The molecule has 2 heterocycles. The van der Waals surface area contributed by atoms with Crippen LogP contribution in [0.4, 0.5) is 14.5 Å². The van der Waals surface area contributed by atoms with Gasteiger partial charge in [0.05, 0.1) is 6.54 Å². The van der Waals surface area contributed by atoms with Gasteiger partial charge in [0.1, 0.15) is 0 Å². The van der Waals surface area contributed by atoms with Crippen LogP contribution in [0.2, 0.25) is 0 Å². The predicted molar refractivity (Wildman–Crippen MR) is 83.7 cm³/mol. The largest absolute Gasteiger partial charge is 0.370 e. The van der Waals surface area contributed by atoms with Gasteiger partial charge in [0.15, 0.2) is 17.3 Å². The molecule has 3 rings (SSSR count). The molecule has 3 aromatic rings. The molecule has 0 atom stereocenters. The third-order valence-electron chi connectivity index (χ3n) is 3.72. The van der Waals surface area contributed by atoms with Crippen LogP contribution in [0.1, 0.15) is 6.92 Å². The van der Waals surface area contributed by atoms with E-state index in [-0.39, 0.29) is 5.69 Å². The summed E-state index contributed by atoms with van der Waals surface area (Å²) in [6.45, 7) is 3.33. The number of hydrogen-bond acceptors (Lipinski definition) is 3. The molecule has 0 radical (unpaired) electrons. The Balaban J connectivity index is 1.80. The van der Waals surface area contributed by atoms with E-state index in [0.29, 0.717) is 31.0 Å². The molecule has 0 aliphatic heterocycles. The van der Waals surface area contributed by atoms with E-state index in [1.807, 2.05) is 17.9 Å². The molecule has 0 saturated heterocycles. The van der Waals surface area contributed by atoms with Crippen LogP contribution in [0.5, 0.6) is 0 Å². The van der Waals surface area contributed by atoms with Gasteiger partial charge in [-0.05, 0) is 31.2 Å². The molecule has 0 fully saturated rings. The van der Waals surface area contributed by atoms with Gasteiger partial charge in [-0.3, -0.25) is 4.40 Å². The Morgan fingerprint density at radius 3 is 2.70 bits per heavy atom.